The van der Waals surface area contributed by atoms with Crippen LogP contribution in [0.25, 0.3) is 0 Å². The Bertz CT molecular complexity index is 1490. The lowest BCUT2D eigenvalue weighted by molar-refractivity contribution is -0.116. The van der Waals surface area contributed by atoms with Crippen LogP contribution in [0.1, 0.15) is 42.7 Å². The van der Waals surface area contributed by atoms with E-state index in [0.717, 1.165) is 11.3 Å². The van der Waals surface area contributed by atoms with Gasteiger partial charge in [0.2, 0.25) is 5.75 Å². The molecule has 3 aromatic rings. The molecule has 0 radical (unpaired) electrons. The monoisotopic (exact) mass is 542 g/mol. The van der Waals surface area contributed by atoms with Crippen LogP contribution in [0.4, 0.5) is 10.1 Å². The highest BCUT2D eigenvalue weighted by Gasteiger charge is 2.41. The molecule has 5 rings (SSSR count). The van der Waals surface area contributed by atoms with Crippen molar-refractivity contribution in [2.75, 3.05) is 26.6 Å². The maximum absolute atomic E-state index is 13.9. The lowest BCUT2D eigenvalue weighted by Gasteiger charge is -2.37. The van der Waals surface area contributed by atoms with Crippen LogP contribution < -0.4 is 24.8 Å². The number of benzene rings is 3. The van der Waals surface area contributed by atoms with Crippen LogP contribution in [0.2, 0.25) is 0 Å². The second kappa shape index (κ2) is 11.3. The lowest BCUT2D eigenvalue weighted by atomic mass is 9.71. The van der Waals surface area contributed by atoms with Crippen molar-refractivity contribution in [1.82, 2.24) is 5.32 Å². The van der Waals surface area contributed by atoms with E-state index < -0.39 is 17.6 Å². The third kappa shape index (κ3) is 5.04. The molecule has 2 aliphatic rings. The number of hydrogen-bond donors (Lipinski definition) is 2. The van der Waals surface area contributed by atoms with E-state index in [1.165, 1.54) is 45.6 Å². The van der Waals surface area contributed by atoms with Crippen molar-refractivity contribution in [2.45, 2.75) is 31.6 Å². The van der Waals surface area contributed by atoms with Crippen LogP contribution in [-0.4, -0.2) is 33.0 Å². The lowest BCUT2D eigenvalue weighted by Crippen LogP contribution is -2.37. The highest BCUT2D eigenvalue weighted by molar-refractivity contribution is 6.10. The minimum absolute atomic E-state index is 0.0166. The fourth-order valence-corrected chi connectivity index (χ4v) is 5.63. The summed E-state index contributed by atoms with van der Waals surface area (Å²) in [5, 5.41) is 6.25. The van der Waals surface area contributed by atoms with E-state index in [4.69, 9.17) is 14.2 Å². The molecule has 0 spiro atoms. The van der Waals surface area contributed by atoms with Gasteiger partial charge in [-0.05, 0) is 66.8 Å². The molecule has 40 heavy (non-hydrogen) atoms. The van der Waals surface area contributed by atoms with Gasteiger partial charge < -0.3 is 24.8 Å². The van der Waals surface area contributed by atoms with Gasteiger partial charge in [0.15, 0.2) is 17.3 Å². The summed E-state index contributed by atoms with van der Waals surface area (Å²) in [6, 6.07) is 19.1. The first-order valence-corrected chi connectivity index (χ1v) is 13.0. The van der Waals surface area contributed by atoms with Gasteiger partial charge >= 0.3 is 0 Å². The number of rotatable bonds is 7. The number of ketones is 1. The first-order valence-electron chi connectivity index (χ1n) is 13.0. The average molecular weight is 543 g/mol. The van der Waals surface area contributed by atoms with Crippen molar-refractivity contribution in [1.29, 1.82) is 0 Å². The normalized spacial score (nSPS) is 18.6. The number of anilines is 1. The fourth-order valence-electron chi connectivity index (χ4n) is 5.63. The van der Waals surface area contributed by atoms with Crippen LogP contribution in [0.5, 0.6) is 17.2 Å². The quantitative estimate of drug-likeness (QED) is 0.390. The zero-order chi connectivity index (χ0) is 28.4. The van der Waals surface area contributed by atoms with Crippen LogP contribution in [0.15, 0.2) is 89.3 Å². The molecular formula is C32H31FN2O5. The molecule has 2 atom stereocenters. The van der Waals surface area contributed by atoms with E-state index in [1.54, 1.807) is 12.1 Å². The van der Waals surface area contributed by atoms with Crippen molar-refractivity contribution < 1.29 is 28.2 Å². The zero-order valence-corrected chi connectivity index (χ0v) is 22.8. The van der Waals surface area contributed by atoms with Crippen molar-refractivity contribution in [3.05, 3.63) is 106 Å². The first-order chi connectivity index (χ1) is 19.3. The van der Waals surface area contributed by atoms with Crippen molar-refractivity contribution in [3.63, 3.8) is 0 Å². The maximum Gasteiger partial charge on any atom is 0.254 e. The molecule has 2 N–H and O–H groups in total. The molecule has 8 heteroatoms. The van der Waals surface area contributed by atoms with Gasteiger partial charge in [-0.15, -0.1) is 0 Å². The van der Waals surface area contributed by atoms with Crippen molar-refractivity contribution >= 4 is 17.4 Å². The number of carbonyl (C=O) groups excluding carboxylic acids is 2. The van der Waals surface area contributed by atoms with Crippen LogP contribution in [0, 0.1) is 5.82 Å². The molecule has 0 saturated carbocycles. The van der Waals surface area contributed by atoms with Gasteiger partial charge in [0.1, 0.15) is 5.82 Å². The summed E-state index contributed by atoms with van der Waals surface area (Å²) < 4.78 is 30.2. The van der Waals surface area contributed by atoms with E-state index in [9.17, 15) is 14.0 Å². The smallest absolute Gasteiger partial charge is 0.254 e. The molecule has 1 aliphatic heterocycles. The number of amides is 1. The summed E-state index contributed by atoms with van der Waals surface area (Å²) in [6.07, 6.45) is 0.938. The number of carbonyl (C=O) groups is 2. The molecule has 1 heterocycles. The maximum atomic E-state index is 13.9. The molecular weight excluding hydrogens is 511 g/mol. The van der Waals surface area contributed by atoms with E-state index in [0.29, 0.717) is 58.2 Å². The number of hydrogen-bond acceptors (Lipinski definition) is 6. The molecule has 0 saturated heterocycles. The molecule has 7 nitrogen and oxygen atoms in total. The Morgan fingerprint density at radius 1 is 0.900 bits per heavy atom. The van der Waals surface area contributed by atoms with E-state index in [-0.39, 0.29) is 11.7 Å². The SMILES string of the molecule is COc1cc([C@H]2C(C(=O)Nc3ccc(F)cc3)=C(C)NC3=C2C(=O)C[C@H](c2ccccc2)C3)cc(OC)c1OC. The largest absolute Gasteiger partial charge is 0.493 e. The zero-order valence-electron chi connectivity index (χ0n) is 22.8. The number of ether oxygens (including phenoxy) is 3. The van der Waals surface area contributed by atoms with E-state index in [1.807, 2.05) is 37.3 Å². The molecule has 3 aromatic carbocycles. The number of methoxy groups -OCH3 is 3. The third-order valence-electron chi connectivity index (χ3n) is 7.47. The van der Waals surface area contributed by atoms with Gasteiger partial charge in [-0.3, -0.25) is 9.59 Å². The molecule has 0 bridgehead atoms. The Hall–Kier alpha value is -4.59. The molecule has 0 aromatic heterocycles. The molecule has 0 unspecified atom stereocenters. The van der Waals surface area contributed by atoms with Gasteiger partial charge in [-0.2, -0.15) is 0 Å². The molecule has 0 fully saturated rings. The van der Waals surface area contributed by atoms with Gasteiger partial charge in [0.05, 0.1) is 21.3 Å². The number of nitrogens with one attached hydrogen (secondary N) is 2. The predicted molar refractivity (Wildman–Crippen MR) is 150 cm³/mol. The summed E-state index contributed by atoms with van der Waals surface area (Å²) in [6.45, 7) is 1.82. The summed E-state index contributed by atoms with van der Waals surface area (Å²) >= 11 is 0. The second-order valence-corrected chi connectivity index (χ2v) is 9.85. The van der Waals surface area contributed by atoms with Crippen LogP contribution in [-0.2, 0) is 9.59 Å². The fraction of sp³-hybridized carbons (Fsp3) is 0.250. The highest BCUT2D eigenvalue weighted by Crippen LogP contribution is 2.49. The number of Topliss-reactive ketones (excluding diaryl/α,β-unsaturated/α-hetero) is 1. The van der Waals surface area contributed by atoms with Gasteiger partial charge in [-0.25, -0.2) is 4.39 Å². The summed E-state index contributed by atoms with van der Waals surface area (Å²) in [5.41, 5.74) is 4.52. The molecule has 206 valence electrons. The number of dihydropyridines is 1. The van der Waals surface area contributed by atoms with E-state index >= 15 is 0 Å². The average Bonchev–Trinajstić information content (AvgIpc) is 2.97. The minimum Gasteiger partial charge on any atom is -0.493 e. The Morgan fingerprint density at radius 2 is 1.55 bits per heavy atom. The van der Waals surface area contributed by atoms with Crippen LogP contribution >= 0.6 is 0 Å². The molecule has 1 aliphatic carbocycles. The van der Waals surface area contributed by atoms with Crippen LogP contribution in [0.3, 0.4) is 0 Å². The first kappa shape index (κ1) is 27.0. The number of halogens is 1. The Balaban J connectivity index is 1.64. The minimum atomic E-state index is -0.699. The molecule has 1 amide bonds. The van der Waals surface area contributed by atoms with Gasteiger partial charge in [0.25, 0.3) is 5.91 Å². The summed E-state index contributed by atoms with van der Waals surface area (Å²) in [4.78, 5) is 27.7. The third-order valence-corrected chi connectivity index (χ3v) is 7.47. The van der Waals surface area contributed by atoms with E-state index in [2.05, 4.69) is 10.6 Å². The van der Waals surface area contributed by atoms with Gasteiger partial charge in [0, 0.05) is 40.6 Å². The van der Waals surface area contributed by atoms with Crippen molar-refractivity contribution in [3.8, 4) is 17.2 Å². The summed E-state index contributed by atoms with van der Waals surface area (Å²) in [5.74, 6) is -0.288. The Labute approximate surface area is 232 Å². The standard InChI is InChI=1S/C32H31FN2O5/c1-18-28(32(37)35-23-12-10-22(33)11-13-23)29(21-16-26(38-2)31(40-4)27(17-21)39-3)30-24(34-18)14-20(15-25(30)36)19-8-6-5-7-9-19/h5-13,16-17,20,29,34H,14-15H2,1-4H3,(H,35,37)/t20-,29+/m1/s1. The van der Waals surface area contributed by atoms with Gasteiger partial charge in [-0.1, -0.05) is 30.3 Å². The topological polar surface area (TPSA) is 85.9 Å². The highest BCUT2D eigenvalue weighted by atomic mass is 19.1. The number of allylic oxidation sites excluding steroid dienone is 3. The summed E-state index contributed by atoms with van der Waals surface area (Å²) in [7, 11) is 4.56. The Morgan fingerprint density at radius 3 is 2.15 bits per heavy atom. The predicted octanol–water partition coefficient (Wildman–Crippen LogP) is 5.85. The second-order valence-electron chi connectivity index (χ2n) is 9.85. The van der Waals surface area contributed by atoms with Crippen molar-refractivity contribution in [2.24, 2.45) is 0 Å². The Kier molecular flexibility index (Phi) is 7.60.